The quantitative estimate of drug-likeness (QED) is 0.672. The zero-order chi connectivity index (χ0) is 10.1. The number of anilines is 1. The molecule has 1 aromatic heterocycles. The number of aryl methyl sites for hydroxylation is 2. The molecule has 0 fully saturated rings. The number of hydrogen-bond acceptors (Lipinski definition) is 4. The molecule has 0 amide bonds. The molecule has 0 spiro atoms. The molecule has 0 bridgehead atoms. The van der Waals surface area contributed by atoms with Gasteiger partial charge in [0.05, 0.1) is 0 Å². The molecule has 2 aromatic rings. The summed E-state index contributed by atoms with van der Waals surface area (Å²) in [4.78, 5) is 0. The van der Waals surface area contributed by atoms with Gasteiger partial charge in [0.25, 0.3) is 0 Å². The van der Waals surface area contributed by atoms with Crippen molar-refractivity contribution in [3.8, 4) is 11.4 Å². The van der Waals surface area contributed by atoms with Crippen molar-refractivity contribution in [2.24, 2.45) is 7.05 Å². The van der Waals surface area contributed by atoms with Crippen LogP contribution < -0.4 is 5.73 Å². The first-order chi connectivity index (χ1) is 6.70. The molecule has 0 atom stereocenters. The minimum Gasteiger partial charge on any atom is -0.398 e. The first-order valence-corrected chi connectivity index (χ1v) is 4.28. The highest BCUT2D eigenvalue weighted by Crippen LogP contribution is 2.26. The van der Waals surface area contributed by atoms with Crippen LogP contribution in [-0.2, 0) is 7.05 Å². The van der Waals surface area contributed by atoms with Crippen molar-refractivity contribution in [2.45, 2.75) is 6.92 Å². The lowest BCUT2D eigenvalue weighted by Gasteiger charge is -2.06. The van der Waals surface area contributed by atoms with Crippen LogP contribution in [0.4, 0.5) is 5.69 Å². The summed E-state index contributed by atoms with van der Waals surface area (Å²) < 4.78 is 1.61. The van der Waals surface area contributed by atoms with E-state index in [0.29, 0.717) is 11.5 Å². The third-order valence-corrected chi connectivity index (χ3v) is 2.15. The molecule has 5 nitrogen and oxygen atoms in total. The lowest BCUT2D eigenvalue weighted by molar-refractivity contribution is 0.714. The van der Waals surface area contributed by atoms with Gasteiger partial charge in [0.1, 0.15) is 0 Å². The lowest BCUT2D eigenvalue weighted by atomic mass is 10.1. The molecule has 0 radical (unpaired) electrons. The zero-order valence-corrected chi connectivity index (χ0v) is 8.10. The number of nitrogen functional groups attached to an aromatic ring is 1. The number of hydrogen-bond donors (Lipinski definition) is 1. The summed E-state index contributed by atoms with van der Waals surface area (Å²) in [5, 5.41) is 11.3. The van der Waals surface area contributed by atoms with E-state index in [9.17, 15) is 0 Å². The van der Waals surface area contributed by atoms with E-state index in [1.54, 1.807) is 11.7 Å². The van der Waals surface area contributed by atoms with Crippen LogP contribution in [0.25, 0.3) is 11.4 Å². The maximum Gasteiger partial charge on any atom is 0.184 e. The van der Waals surface area contributed by atoms with E-state index in [-0.39, 0.29) is 0 Å². The van der Waals surface area contributed by atoms with Crippen molar-refractivity contribution in [2.75, 3.05) is 5.73 Å². The molecule has 5 heteroatoms. The van der Waals surface area contributed by atoms with Gasteiger partial charge in [-0.1, -0.05) is 12.1 Å². The molecule has 0 aliphatic rings. The van der Waals surface area contributed by atoms with Gasteiger partial charge in [0.15, 0.2) is 5.82 Å². The van der Waals surface area contributed by atoms with Crippen LogP contribution in [-0.4, -0.2) is 20.2 Å². The van der Waals surface area contributed by atoms with E-state index in [4.69, 9.17) is 5.73 Å². The summed E-state index contributed by atoms with van der Waals surface area (Å²) in [5.74, 6) is 0.695. The second-order valence-corrected chi connectivity index (χ2v) is 3.17. The van der Waals surface area contributed by atoms with Gasteiger partial charge < -0.3 is 5.73 Å². The Bertz CT molecular complexity index is 440. The standard InChI is InChI=1S/C9H11N5/c1-6-4-3-5-7(10)8(6)9-11-12-13-14(9)2/h3-5H,10H2,1-2H3. The van der Waals surface area contributed by atoms with Gasteiger partial charge in [-0.25, -0.2) is 4.68 Å². The van der Waals surface area contributed by atoms with Crippen LogP contribution in [0, 0.1) is 6.92 Å². The van der Waals surface area contributed by atoms with Gasteiger partial charge in [-0.05, 0) is 29.0 Å². The van der Waals surface area contributed by atoms with Gasteiger partial charge in [-0.15, -0.1) is 5.10 Å². The Morgan fingerprint density at radius 3 is 2.71 bits per heavy atom. The summed E-state index contributed by atoms with van der Waals surface area (Å²) in [6.45, 7) is 1.99. The largest absolute Gasteiger partial charge is 0.398 e. The lowest BCUT2D eigenvalue weighted by Crippen LogP contribution is -1.99. The summed E-state index contributed by atoms with van der Waals surface area (Å²) >= 11 is 0. The minimum atomic E-state index is 0.695. The molecule has 1 heterocycles. The van der Waals surface area contributed by atoms with E-state index in [1.165, 1.54) is 0 Å². The average Bonchev–Trinajstić information content (AvgIpc) is 2.52. The fourth-order valence-corrected chi connectivity index (χ4v) is 1.44. The predicted molar refractivity (Wildman–Crippen MR) is 53.4 cm³/mol. The fourth-order valence-electron chi connectivity index (χ4n) is 1.44. The van der Waals surface area contributed by atoms with Crippen LogP contribution in [0.15, 0.2) is 18.2 Å². The monoisotopic (exact) mass is 189 g/mol. The SMILES string of the molecule is Cc1cccc(N)c1-c1nnnn1C. The Hall–Kier alpha value is -1.91. The van der Waals surface area contributed by atoms with Gasteiger partial charge >= 0.3 is 0 Å². The van der Waals surface area contributed by atoms with E-state index in [2.05, 4.69) is 15.5 Å². The van der Waals surface area contributed by atoms with Gasteiger partial charge in [-0.3, -0.25) is 0 Å². The first-order valence-electron chi connectivity index (χ1n) is 4.28. The molecule has 2 N–H and O–H groups in total. The molecule has 14 heavy (non-hydrogen) atoms. The van der Waals surface area contributed by atoms with E-state index in [1.807, 2.05) is 25.1 Å². The van der Waals surface area contributed by atoms with Crippen LogP contribution in [0.5, 0.6) is 0 Å². The number of nitrogens with two attached hydrogens (primary N) is 1. The minimum absolute atomic E-state index is 0.695. The Morgan fingerprint density at radius 2 is 2.14 bits per heavy atom. The topological polar surface area (TPSA) is 69.6 Å². The number of nitrogens with zero attached hydrogens (tertiary/aromatic N) is 4. The molecule has 0 saturated heterocycles. The number of benzene rings is 1. The normalized spacial score (nSPS) is 10.4. The van der Waals surface area contributed by atoms with Crippen LogP contribution in [0.1, 0.15) is 5.56 Å². The fraction of sp³-hybridized carbons (Fsp3) is 0.222. The Morgan fingerprint density at radius 1 is 1.36 bits per heavy atom. The number of rotatable bonds is 1. The zero-order valence-electron chi connectivity index (χ0n) is 8.10. The molecule has 0 saturated carbocycles. The summed E-state index contributed by atoms with van der Waals surface area (Å²) in [6.07, 6.45) is 0. The molecular formula is C9H11N5. The maximum absolute atomic E-state index is 5.87. The first kappa shape index (κ1) is 8.68. The van der Waals surface area contributed by atoms with Crippen molar-refractivity contribution in [1.29, 1.82) is 0 Å². The van der Waals surface area contributed by atoms with Gasteiger partial charge in [-0.2, -0.15) is 0 Å². The predicted octanol–water partition coefficient (Wildman–Crippen LogP) is 0.768. The highest BCUT2D eigenvalue weighted by atomic mass is 15.5. The summed E-state index contributed by atoms with van der Waals surface area (Å²) in [5.41, 5.74) is 8.54. The third-order valence-electron chi connectivity index (χ3n) is 2.15. The van der Waals surface area contributed by atoms with Crippen molar-refractivity contribution >= 4 is 5.69 Å². The smallest absolute Gasteiger partial charge is 0.184 e. The van der Waals surface area contributed by atoms with Crippen LogP contribution >= 0.6 is 0 Å². The number of aromatic nitrogens is 4. The Kier molecular flexibility index (Phi) is 1.92. The summed E-state index contributed by atoms with van der Waals surface area (Å²) in [7, 11) is 1.79. The maximum atomic E-state index is 5.87. The van der Waals surface area contributed by atoms with E-state index < -0.39 is 0 Å². The van der Waals surface area contributed by atoms with Crippen molar-refractivity contribution in [1.82, 2.24) is 20.2 Å². The van der Waals surface area contributed by atoms with Crippen molar-refractivity contribution in [3.63, 3.8) is 0 Å². The molecule has 1 aromatic carbocycles. The highest BCUT2D eigenvalue weighted by Gasteiger charge is 2.11. The average molecular weight is 189 g/mol. The second kappa shape index (κ2) is 3.10. The van der Waals surface area contributed by atoms with Crippen LogP contribution in [0.2, 0.25) is 0 Å². The van der Waals surface area contributed by atoms with Crippen molar-refractivity contribution in [3.05, 3.63) is 23.8 Å². The Labute approximate surface area is 81.5 Å². The Balaban J connectivity index is 2.68. The molecule has 72 valence electrons. The second-order valence-electron chi connectivity index (χ2n) is 3.17. The van der Waals surface area contributed by atoms with E-state index >= 15 is 0 Å². The van der Waals surface area contributed by atoms with Crippen molar-refractivity contribution < 1.29 is 0 Å². The highest BCUT2D eigenvalue weighted by molar-refractivity contribution is 5.74. The summed E-state index contributed by atoms with van der Waals surface area (Å²) in [6, 6.07) is 5.75. The molecule has 0 aliphatic carbocycles. The van der Waals surface area contributed by atoms with Crippen LogP contribution in [0.3, 0.4) is 0 Å². The van der Waals surface area contributed by atoms with Gasteiger partial charge in [0.2, 0.25) is 0 Å². The van der Waals surface area contributed by atoms with E-state index in [0.717, 1.165) is 11.1 Å². The molecule has 2 rings (SSSR count). The number of tetrazole rings is 1. The third kappa shape index (κ3) is 1.22. The molecular weight excluding hydrogens is 178 g/mol. The molecule has 0 unspecified atom stereocenters. The molecule has 0 aliphatic heterocycles. The van der Waals surface area contributed by atoms with Gasteiger partial charge in [0, 0.05) is 18.3 Å².